The molecule has 0 aliphatic carbocycles. The molecule has 1 unspecified atom stereocenters. The van der Waals surface area contributed by atoms with Crippen LogP contribution in [0.15, 0.2) is 30.3 Å². The molecule has 0 spiro atoms. The summed E-state index contributed by atoms with van der Waals surface area (Å²) in [5.74, 6) is -2.71. The zero-order chi connectivity index (χ0) is 20.7. The van der Waals surface area contributed by atoms with Crippen LogP contribution in [0.4, 0.5) is 8.78 Å². The van der Waals surface area contributed by atoms with Crippen molar-refractivity contribution in [2.24, 2.45) is 0 Å². The maximum atomic E-state index is 13.7. The first-order valence-electron chi connectivity index (χ1n) is 8.55. The van der Waals surface area contributed by atoms with E-state index in [4.69, 9.17) is 5.26 Å². The largest absolute Gasteiger partial charge is 0.337 e. The van der Waals surface area contributed by atoms with Crippen LogP contribution in [0.3, 0.4) is 0 Å². The lowest BCUT2D eigenvalue weighted by atomic mass is 10.1. The van der Waals surface area contributed by atoms with Crippen LogP contribution in [-0.2, 0) is 9.59 Å². The van der Waals surface area contributed by atoms with Crippen molar-refractivity contribution in [3.8, 4) is 6.07 Å². The molecule has 146 valence electrons. The molecule has 0 radical (unpaired) electrons. The van der Waals surface area contributed by atoms with E-state index >= 15 is 0 Å². The van der Waals surface area contributed by atoms with E-state index in [0.717, 1.165) is 17.0 Å². The van der Waals surface area contributed by atoms with Crippen molar-refractivity contribution >= 4 is 28.8 Å². The minimum absolute atomic E-state index is 0.0251. The third kappa shape index (κ3) is 6.06. The van der Waals surface area contributed by atoms with E-state index in [1.165, 1.54) is 11.3 Å². The predicted octanol–water partition coefficient (Wildman–Crippen LogP) is 4.03. The van der Waals surface area contributed by atoms with E-state index in [1.54, 1.807) is 12.1 Å². The van der Waals surface area contributed by atoms with Gasteiger partial charge in [0, 0.05) is 42.2 Å². The number of halogens is 2. The first-order chi connectivity index (χ1) is 13.3. The standard InChI is InChI=1S/C20H18F2N2O3S/c1-12-2-8-19(28-12)18(26)7-4-14(25)5-9-20(27)24-17(11-23)15-6-3-13(21)10-16(15)22/h2-3,6,8,10,17H,4-5,7,9H2,1H3,(H,24,27). The van der Waals surface area contributed by atoms with Gasteiger partial charge in [0.2, 0.25) is 5.91 Å². The highest BCUT2D eigenvalue weighted by molar-refractivity contribution is 7.14. The van der Waals surface area contributed by atoms with E-state index < -0.39 is 23.6 Å². The Morgan fingerprint density at radius 2 is 1.82 bits per heavy atom. The van der Waals surface area contributed by atoms with Crippen molar-refractivity contribution in [1.82, 2.24) is 5.32 Å². The number of aryl methyl sites for hydroxylation is 1. The molecule has 1 N–H and O–H groups in total. The van der Waals surface area contributed by atoms with Crippen LogP contribution in [0.2, 0.25) is 0 Å². The maximum Gasteiger partial charge on any atom is 0.221 e. The van der Waals surface area contributed by atoms with Gasteiger partial charge in [0.25, 0.3) is 0 Å². The van der Waals surface area contributed by atoms with Gasteiger partial charge in [0.15, 0.2) is 5.78 Å². The number of thiophene rings is 1. The number of Topliss-reactive ketones (excluding diaryl/α,β-unsaturated/α-hetero) is 2. The topological polar surface area (TPSA) is 87.0 Å². The van der Waals surface area contributed by atoms with Crippen LogP contribution in [-0.4, -0.2) is 17.5 Å². The highest BCUT2D eigenvalue weighted by Gasteiger charge is 2.19. The molecule has 2 rings (SSSR count). The molecular formula is C20H18F2N2O3S. The molecule has 0 saturated heterocycles. The van der Waals surface area contributed by atoms with Crippen LogP contribution in [0.5, 0.6) is 0 Å². The van der Waals surface area contributed by atoms with Crippen LogP contribution >= 0.6 is 11.3 Å². The number of nitrogens with zero attached hydrogens (tertiary/aromatic N) is 1. The number of hydrogen-bond donors (Lipinski definition) is 1. The molecule has 0 saturated carbocycles. The van der Waals surface area contributed by atoms with E-state index in [0.29, 0.717) is 10.9 Å². The number of nitrogens with one attached hydrogen (secondary N) is 1. The molecule has 1 aromatic carbocycles. The minimum Gasteiger partial charge on any atom is -0.337 e. The summed E-state index contributed by atoms with van der Waals surface area (Å²) < 4.78 is 26.7. The minimum atomic E-state index is -1.29. The lowest BCUT2D eigenvalue weighted by Crippen LogP contribution is -2.28. The fourth-order valence-corrected chi connectivity index (χ4v) is 3.32. The summed E-state index contributed by atoms with van der Waals surface area (Å²) in [6.45, 7) is 1.89. The van der Waals surface area contributed by atoms with E-state index in [2.05, 4.69) is 5.32 Å². The second kappa shape index (κ2) is 9.85. The molecule has 0 aliphatic rings. The maximum absolute atomic E-state index is 13.7. The number of benzene rings is 1. The summed E-state index contributed by atoms with van der Waals surface area (Å²) in [6.07, 6.45) is -0.182. The summed E-state index contributed by atoms with van der Waals surface area (Å²) in [4.78, 5) is 37.5. The molecule has 5 nitrogen and oxygen atoms in total. The smallest absolute Gasteiger partial charge is 0.221 e. The number of carbonyl (C=O) groups is 3. The second-order valence-electron chi connectivity index (χ2n) is 6.17. The molecule has 1 aromatic heterocycles. The molecule has 1 heterocycles. The Labute approximate surface area is 165 Å². The first-order valence-corrected chi connectivity index (χ1v) is 9.37. The van der Waals surface area contributed by atoms with Crippen LogP contribution in [0.25, 0.3) is 0 Å². The third-order valence-electron chi connectivity index (χ3n) is 3.98. The summed E-state index contributed by atoms with van der Waals surface area (Å²) in [7, 11) is 0. The molecule has 2 aromatic rings. The Morgan fingerprint density at radius 1 is 1.11 bits per heavy atom. The van der Waals surface area contributed by atoms with Gasteiger partial charge in [-0.15, -0.1) is 11.3 Å². The quantitative estimate of drug-likeness (QED) is 0.640. The number of hydrogen-bond acceptors (Lipinski definition) is 5. The number of ketones is 2. The van der Waals surface area contributed by atoms with E-state index in [9.17, 15) is 23.2 Å². The molecule has 1 atom stereocenters. The Hall–Kier alpha value is -2.92. The van der Waals surface area contributed by atoms with Crippen molar-refractivity contribution in [1.29, 1.82) is 5.26 Å². The van der Waals surface area contributed by atoms with E-state index in [1.807, 2.05) is 13.0 Å². The monoisotopic (exact) mass is 404 g/mol. The fourth-order valence-electron chi connectivity index (χ4n) is 2.49. The first kappa shape index (κ1) is 21.4. The fraction of sp³-hybridized carbons (Fsp3) is 0.300. The van der Waals surface area contributed by atoms with Crippen molar-refractivity contribution in [2.75, 3.05) is 0 Å². The molecule has 0 fully saturated rings. The predicted molar refractivity (Wildman–Crippen MR) is 99.7 cm³/mol. The number of rotatable bonds is 9. The molecule has 8 heteroatoms. The van der Waals surface area contributed by atoms with Crippen molar-refractivity contribution in [2.45, 2.75) is 38.6 Å². The second-order valence-corrected chi connectivity index (χ2v) is 7.46. The zero-order valence-electron chi connectivity index (χ0n) is 15.1. The van der Waals surface area contributed by atoms with Crippen LogP contribution in [0.1, 0.15) is 51.8 Å². The summed E-state index contributed by atoms with van der Waals surface area (Å²) >= 11 is 1.37. The van der Waals surface area contributed by atoms with Gasteiger partial charge in [-0.25, -0.2) is 8.78 Å². The molecule has 28 heavy (non-hydrogen) atoms. The lowest BCUT2D eigenvalue weighted by Gasteiger charge is -2.12. The summed E-state index contributed by atoms with van der Waals surface area (Å²) in [5, 5.41) is 11.4. The SMILES string of the molecule is Cc1ccc(C(=O)CCC(=O)CCC(=O)NC(C#N)c2ccc(F)cc2F)s1. The van der Waals surface area contributed by atoms with Crippen molar-refractivity contribution in [3.63, 3.8) is 0 Å². The lowest BCUT2D eigenvalue weighted by molar-refractivity contribution is -0.125. The van der Waals surface area contributed by atoms with Crippen LogP contribution in [0, 0.1) is 29.9 Å². The third-order valence-corrected chi connectivity index (χ3v) is 5.03. The van der Waals surface area contributed by atoms with Gasteiger partial charge in [0.1, 0.15) is 23.5 Å². The van der Waals surface area contributed by atoms with Crippen molar-refractivity contribution in [3.05, 3.63) is 57.3 Å². The van der Waals surface area contributed by atoms with Gasteiger partial charge in [0.05, 0.1) is 10.9 Å². The van der Waals surface area contributed by atoms with Gasteiger partial charge in [-0.05, 0) is 25.1 Å². The van der Waals surface area contributed by atoms with E-state index in [-0.39, 0.29) is 42.8 Å². The number of carbonyl (C=O) groups excluding carboxylic acids is 3. The van der Waals surface area contributed by atoms with Gasteiger partial charge >= 0.3 is 0 Å². The molecule has 1 amide bonds. The molecule has 0 bridgehead atoms. The Morgan fingerprint density at radius 3 is 2.43 bits per heavy atom. The number of amides is 1. The Kier molecular flexibility index (Phi) is 7.52. The molecular weight excluding hydrogens is 386 g/mol. The Balaban J connectivity index is 1.80. The van der Waals surface area contributed by atoms with Gasteiger partial charge in [-0.2, -0.15) is 5.26 Å². The summed E-state index contributed by atoms with van der Waals surface area (Å²) in [6, 6.07) is 6.70. The van der Waals surface area contributed by atoms with Gasteiger partial charge < -0.3 is 5.32 Å². The van der Waals surface area contributed by atoms with Gasteiger partial charge in [-0.1, -0.05) is 6.07 Å². The van der Waals surface area contributed by atoms with Crippen molar-refractivity contribution < 1.29 is 23.2 Å². The highest BCUT2D eigenvalue weighted by atomic mass is 32.1. The normalized spacial score (nSPS) is 11.5. The zero-order valence-corrected chi connectivity index (χ0v) is 15.9. The van der Waals surface area contributed by atoms with Gasteiger partial charge in [-0.3, -0.25) is 14.4 Å². The Bertz CT molecular complexity index is 934. The molecule has 0 aliphatic heterocycles. The average molecular weight is 404 g/mol. The average Bonchev–Trinajstić information content (AvgIpc) is 3.09. The summed E-state index contributed by atoms with van der Waals surface area (Å²) in [5.41, 5.74) is -0.152. The van der Waals surface area contributed by atoms with Crippen LogP contribution < -0.4 is 5.32 Å². The number of nitriles is 1. The highest BCUT2D eigenvalue weighted by Crippen LogP contribution is 2.19.